The summed E-state index contributed by atoms with van der Waals surface area (Å²) in [5, 5.41) is 0. The molecule has 0 aromatic heterocycles. The second-order valence-corrected chi connectivity index (χ2v) is 12.4. The summed E-state index contributed by atoms with van der Waals surface area (Å²) in [7, 11) is -1.71. The maximum atomic E-state index is 6.73. The molecule has 2 heteroatoms. The van der Waals surface area contributed by atoms with Crippen molar-refractivity contribution in [2.24, 2.45) is 5.92 Å². The fourth-order valence-electron chi connectivity index (χ4n) is 3.72. The average Bonchev–Trinajstić information content (AvgIpc) is 2.24. The molecule has 0 fully saturated rings. The first-order chi connectivity index (χ1) is 8.30. The van der Waals surface area contributed by atoms with Crippen molar-refractivity contribution in [3.63, 3.8) is 0 Å². The molecule has 0 bridgehead atoms. The van der Waals surface area contributed by atoms with Crippen LogP contribution in [0, 0.1) is 5.92 Å². The minimum atomic E-state index is -1.71. The van der Waals surface area contributed by atoms with Crippen LogP contribution in [0.1, 0.15) is 67.7 Å². The van der Waals surface area contributed by atoms with E-state index in [0.29, 0.717) is 16.6 Å². The van der Waals surface area contributed by atoms with Crippen molar-refractivity contribution in [3.8, 4) is 0 Å². The molecule has 1 rings (SSSR count). The Bertz CT molecular complexity index is 270. The molecule has 0 N–H and O–H groups in total. The Balaban J connectivity index is 2.94. The van der Waals surface area contributed by atoms with Crippen LogP contribution in [-0.2, 0) is 4.43 Å². The molecular formula is C16H32OSi. The minimum absolute atomic E-state index is 0.677. The highest BCUT2D eigenvalue weighted by Gasteiger charge is 2.47. The molecule has 1 unspecified atom stereocenters. The molecular weight excluding hydrogens is 236 g/mol. The third-order valence-electron chi connectivity index (χ3n) is 4.60. The predicted molar refractivity (Wildman–Crippen MR) is 83.2 cm³/mol. The summed E-state index contributed by atoms with van der Waals surface area (Å²) in [6.45, 7) is 16.5. The lowest BCUT2D eigenvalue weighted by atomic mass is 9.95. The first kappa shape index (κ1) is 15.8. The first-order valence-corrected chi connectivity index (χ1v) is 9.82. The zero-order valence-corrected chi connectivity index (χ0v) is 14.4. The van der Waals surface area contributed by atoms with Crippen LogP contribution in [0.5, 0.6) is 0 Å². The van der Waals surface area contributed by atoms with Gasteiger partial charge in [0, 0.05) is 6.42 Å². The Kier molecular flexibility index (Phi) is 5.51. The molecule has 1 nitrogen and oxygen atoms in total. The van der Waals surface area contributed by atoms with Gasteiger partial charge in [-0.15, -0.1) is 0 Å². The lowest BCUT2D eigenvalue weighted by Gasteiger charge is -2.43. The van der Waals surface area contributed by atoms with E-state index in [9.17, 15) is 0 Å². The zero-order chi connectivity index (χ0) is 13.9. The van der Waals surface area contributed by atoms with Gasteiger partial charge < -0.3 is 4.43 Å². The van der Waals surface area contributed by atoms with E-state index in [-0.39, 0.29) is 0 Å². The van der Waals surface area contributed by atoms with Crippen LogP contribution in [0.15, 0.2) is 11.8 Å². The summed E-state index contributed by atoms with van der Waals surface area (Å²) in [5.74, 6) is 2.10. The van der Waals surface area contributed by atoms with Crippen molar-refractivity contribution in [2.75, 3.05) is 0 Å². The van der Waals surface area contributed by atoms with Crippen molar-refractivity contribution in [1.82, 2.24) is 0 Å². The smallest absolute Gasteiger partial charge is 0.258 e. The molecule has 1 aliphatic rings. The van der Waals surface area contributed by atoms with Gasteiger partial charge in [0.1, 0.15) is 0 Å². The molecule has 1 atom stereocenters. The standard InChI is InChI=1S/C16H32OSi/c1-12(2)18(13(3)4,14(5)6)17-16-10-8-9-15(7)11-16/h10,12-15H,8-9,11H2,1-7H3. The van der Waals surface area contributed by atoms with E-state index in [1.165, 1.54) is 18.6 Å². The maximum absolute atomic E-state index is 6.73. The van der Waals surface area contributed by atoms with Gasteiger partial charge >= 0.3 is 0 Å². The fraction of sp³-hybridized carbons (Fsp3) is 0.875. The number of allylic oxidation sites excluding steroid dienone is 2. The normalized spacial score (nSPS) is 21.7. The monoisotopic (exact) mass is 268 g/mol. The van der Waals surface area contributed by atoms with Gasteiger partial charge in [-0.1, -0.05) is 48.5 Å². The van der Waals surface area contributed by atoms with Crippen molar-refractivity contribution < 1.29 is 4.43 Å². The van der Waals surface area contributed by atoms with Crippen LogP contribution in [0.25, 0.3) is 0 Å². The van der Waals surface area contributed by atoms with E-state index in [4.69, 9.17) is 4.43 Å². The van der Waals surface area contributed by atoms with E-state index < -0.39 is 8.32 Å². The SMILES string of the molecule is CC1CCC=C(O[Si](C(C)C)(C(C)C)C(C)C)C1. The van der Waals surface area contributed by atoms with E-state index in [0.717, 1.165) is 12.3 Å². The van der Waals surface area contributed by atoms with Gasteiger partial charge in [-0.25, -0.2) is 0 Å². The van der Waals surface area contributed by atoms with E-state index in [1.54, 1.807) is 0 Å². The van der Waals surface area contributed by atoms with Gasteiger partial charge in [0.25, 0.3) is 8.32 Å². The summed E-state index contributed by atoms with van der Waals surface area (Å²) in [6.07, 6.45) is 6.04. The lowest BCUT2D eigenvalue weighted by Crippen LogP contribution is -2.47. The largest absolute Gasteiger partial charge is 0.546 e. The Morgan fingerprint density at radius 2 is 1.56 bits per heavy atom. The van der Waals surface area contributed by atoms with E-state index in [1.807, 2.05) is 0 Å². The second kappa shape index (κ2) is 6.27. The third-order valence-corrected chi connectivity index (χ3v) is 10.6. The molecule has 106 valence electrons. The minimum Gasteiger partial charge on any atom is -0.546 e. The van der Waals surface area contributed by atoms with E-state index in [2.05, 4.69) is 54.5 Å². The number of rotatable bonds is 5. The molecule has 0 amide bonds. The van der Waals surface area contributed by atoms with Crippen LogP contribution in [0.3, 0.4) is 0 Å². The van der Waals surface area contributed by atoms with Crippen LogP contribution in [0.2, 0.25) is 16.6 Å². The molecule has 0 saturated carbocycles. The average molecular weight is 269 g/mol. The predicted octanol–water partition coefficient (Wildman–Crippen LogP) is 5.88. The Labute approximate surface area is 115 Å². The summed E-state index contributed by atoms with van der Waals surface area (Å²) in [5.41, 5.74) is 2.03. The summed E-state index contributed by atoms with van der Waals surface area (Å²) >= 11 is 0. The van der Waals surface area contributed by atoms with Crippen molar-refractivity contribution in [1.29, 1.82) is 0 Å². The van der Waals surface area contributed by atoms with Crippen LogP contribution in [-0.4, -0.2) is 8.32 Å². The lowest BCUT2D eigenvalue weighted by molar-refractivity contribution is 0.314. The van der Waals surface area contributed by atoms with E-state index >= 15 is 0 Å². The molecule has 0 spiro atoms. The molecule has 0 aromatic rings. The van der Waals surface area contributed by atoms with Crippen molar-refractivity contribution in [2.45, 2.75) is 84.4 Å². The first-order valence-electron chi connectivity index (χ1n) is 7.68. The molecule has 0 aromatic carbocycles. The second-order valence-electron chi connectivity index (χ2n) is 6.98. The highest BCUT2D eigenvalue weighted by atomic mass is 28.4. The number of hydrogen-bond donors (Lipinski definition) is 0. The third kappa shape index (κ3) is 3.20. The molecule has 1 aliphatic carbocycles. The van der Waals surface area contributed by atoms with Crippen molar-refractivity contribution in [3.05, 3.63) is 11.8 Å². The number of hydrogen-bond acceptors (Lipinski definition) is 1. The van der Waals surface area contributed by atoms with Gasteiger partial charge in [-0.05, 0) is 41.5 Å². The zero-order valence-electron chi connectivity index (χ0n) is 13.4. The van der Waals surface area contributed by atoms with Crippen LogP contribution in [0.4, 0.5) is 0 Å². The quantitative estimate of drug-likeness (QED) is 0.565. The molecule has 0 radical (unpaired) electrons. The Hall–Kier alpha value is -0.243. The van der Waals surface area contributed by atoms with Gasteiger partial charge in [-0.3, -0.25) is 0 Å². The highest BCUT2D eigenvalue weighted by molar-refractivity contribution is 6.77. The van der Waals surface area contributed by atoms with Gasteiger partial charge in [0.05, 0.1) is 5.76 Å². The summed E-state index contributed by atoms with van der Waals surface area (Å²) in [4.78, 5) is 0. The molecule has 0 heterocycles. The topological polar surface area (TPSA) is 9.23 Å². The summed E-state index contributed by atoms with van der Waals surface area (Å²) < 4.78 is 6.73. The van der Waals surface area contributed by atoms with Crippen LogP contribution >= 0.6 is 0 Å². The fourth-order valence-corrected chi connectivity index (χ4v) is 9.05. The van der Waals surface area contributed by atoms with Gasteiger partial charge in [0.2, 0.25) is 0 Å². The maximum Gasteiger partial charge on any atom is 0.258 e. The van der Waals surface area contributed by atoms with Crippen molar-refractivity contribution >= 4 is 8.32 Å². The van der Waals surface area contributed by atoms with Gasteiger partial charge in [-0.2, -0.15) is 0 Å². The molecule has 18 heavy (non-hydrogen) atoms. The molecule has 0 saturated heterocycles. The van der Waals surface area contributed by atoms with Gasteiger partial charge in [0.15, 0.2) is 0 Å². The Morgan fingerprint density at radius 1 is 1.06 bits per heavy atom. The van der Waals surface area contributed by atoms with Crippen LogP contribution < -0.4 is 0 Å². The Morgan fingerprint density at radius 3 is 1.94 bits per heavy atom. The highest BCUT2D eigenvalue weighted by Crippen LogP contribution is 2.44. The molecule has 0 aliphatic heterocycles. The summed E-state index contributed by atoms with van der Waals surface area (Å²) in [6, 6.07) is 0.